The topological polar surface area (TPSA) is 0 Å². The van der Waals surface area contributed by atoms with Gasteiger partial charge in [-0.25, -0.2) is 13.2 Å². The molecular weight excluding hydrogens is 329 g/mol. The minimum atomic E-state index is -5.73. The number of alkyl halides is 6. The van der Waals surface area contributed by atoms with E-state index in [1.807, 2.05) is 0 Å². The molecule has 0 saturated carbocycles. The molecule has 20 heavy (non-hydrogen) atoms. The van der Waals surface area contributed by atoms with E-state index in [9.17, 15) is 30.7 Å². The maximum Gasteiger partial charge on any atom is 0.376 e. The van der Waals surface area contributed by atoms with E-state index in [1.54, 1.807) is 13.8 Å². The van der Waals surface area contributed by atoms with Gasteiger partial charge in [0.25, 0.3) is 0 Å². The predicted molar refractivity (Wildman–Crippen MR) is 69.5 cm³/mol. The summed E-state index contributed by atoms with van der Waals surface area (Å²) in [7, 11) is 0. The van der Waals surface area contributed by atoms with Crippen LogP contribution >= 0.6 is 23.5 Å². The van der Waals surface area contributed by atoms with Crippen LogP contribution in [0.15, 0.2) is 10.1 Å². The lowest BCUT2D eigenvalue weighted by Gasteiger charge is -2.25. The Morgan fingerprint density at radius 1 is 0.950 bits per heavy atom. The van der Waals surface area contributed by atoms with Gasteiger partial charge in [-0.05, 0) is 24.3 Å². The summed E-state index contributed by atoms with van der Waals surface area (Å²) in [5.74, 6) is -13.3. The maximum absolute atomic E-state index is 13.6. The molecule has 0 aliphatic rings. The molecule has 0 aromatic rings. The van der Waals surface area contributed by atoms with E-state index in [0.29, 0.717) is 36.4 Å². The van der Waals surface area contributed by atoms with Gasteiger partial charge in [0.05, 0.1) is 4.24 Å². The molecule has 0 amide bonds. The van der Waals surface area contributed by atoms with Gasteiger partial charge in [0.1, 0.15) is 0 Å². The molecule has 0 N–H and O–H groups in total. The first-order chi connectivity index (χ1) is 9.12. The Balaban J connectivity index is 5.43. The second-order valence-electron chi connectivity index (χ2n) is 3.80. The van der Waals surface area contributed by atoms with Crippen LogP contribution in [0.25, 0.3) is 0 Å². The number of allylic oxidation sites excluding steroid dienone is 1. The highest BCUT2D eigenvalue weighted by atomic mass is 32.2. The van der Waals surface area contributed by atoms with Gasteiger partial charge in [-0.1, -0.05) is 13.8 Å². The lowest BCUT2D eigenvalue weighted by molar-refractivity contribution is -0.252. The monoisotopic (exact) mass is 344 g/mol. The van der Waals surface area contributed by atoms with Gasteiger partial charge in [-0.15, -0.1) is 23.5 Å². The van der Waals surface area contributed by atoms with E-state index in [4.69, 9.17) is 0 Å². The quantitative estimate of drug-likeness (QED) is 0.474. The minimum absolute atomic E-state index is 0.232. The van der Waals surface area contributed by atoms with Crippen LogP contribution in [-0.4, -0.2) is 29.8 Å². The molecule has 0 heterocycles. The smallest absolute Gasteiger partial charge is 0.203 e. The van der Waals surface area contributed by atoms with Crippen LogP contribution in [0.1, 0.15) is 26.7 Å². The van der Waals surface area contributed by atoms with Crippen LogP contribution in [0.5, 0.6) is 0 Å². The molecule has 0 bridgehead atoms. The average molecular weight is 344 g/mol. The van der Waals surface area contributed by atoms with Crippen molar-refractivity contribution in [3.63, 3.8) is 0 Å². The molecule has 0 unspecified atom stereocenters. The van der Waals surface area contributed by atoms with Gasteiger partial charge in [0, 0.05) is 0 Å². The zero-order chi connectivity index (χ0) is 16.0. The van der Waals surface area contributed by atoms with Gasteiger partial charge in [0.15, 0.2) is 5.83 Å². The molecule has 9 heteroatoms. The minimum Gasteiger partial charge on any atom is -0.203 e. The molecule has 0 nitrogen and oxygen atoms in total. The highest BCUT2D eigenvalue weighted by molar-refractivity contribution is 8.22. The van der Waals surface area contributed by atoms with Gasteiger partial charge in [-0.3, -0.25) is 0 Å². The first-order valence-corrected chi connectivity index (χ1v) is 7.79. The van der Waals surface area contributed by atoms with E-state index in [0.717, 1.165) is 0 Å². The number of rotatable bonds is 9. The number of hydrogen-bond donors (Lipinski definition) is 0. The summed E-state index contributed by atoms with van der Waals surface area (Å²) in [4.78, 5) is 0. The molecule has 0 aliphatic carbocycles. The molecule has 0 saturated heterocycles. The van der Waals surface area contributed by atoms with Crippen molar-refractivity contribution in [1.82, 2.24) is 0 Å². The Bertz CT molecular complexity index is 319. The largest absolute Gasteiger partial charge is 0.376 e. The van der Waals surface area contributed by atoms with E-state index in [-0.39, 0.29) is 11.5 Å². The Morgan fingerprint density at radius 3 is 1.65 bits per heavy atom. The number of thioether (sulfide) groups is 2. The lowest BCUT2D eigenvalue weighted by Crippen LogP contribution is -2.47. The second kappa shape index (κ2) is 8.41. The fourth-order valence-electron chi connectivity index (χ4n) is 0.969. The van der Waals surface area contributed by atoms with E-state index < -0.39 is 28.3 Å². The Hall–Kier alpha value is -0.0500. The van der Waals surface area contributed by atoms with E-state index >= 15 is 0 Å². The molecule has 0 fully saturated rings. The highest BCUT2D eigenvalue weighted by Gasteiger charge is 2.66. The Kier molecular flexibility index (Phi) is 8.39. The zero-order valence-corrected chi connectivity index (χ0v) is 12.5. The summed E-state index contributed by atoms with van der Waals surface area (Å²) in [5, 5.41) is 0. The summed E-state index contributed by atoms with van der Waals surface area (Å²) in [6.07, 6.45) is -3.63. The molecule has 0 radical (unpaired) electrons. The maximum atomic E-state index is 13.6. The fraction of sp³-hybridized carbons (Fsp3) is 0.818. The Labute approximate surface area is 121 Å². The molecule has 0 aromatic heterocycles. The van der Waals surface area contributed by atoms with Gasteiger partial charge >= 0.3 is 18.3 Å². The second-order valence-corrected chi connectivity index (χ2v) is 6.27. The molecule has 0 aliphatic heterocycles. The van der Waals surface area contributed by atoms with Crippen LogP contribution in [0.4, 0.5) is 30.7 Å². The first-order valence-electron chi connectivity index (χ1n) is 5.82. The van der Waals surface area contributed by atoms with Gasteiger partial charge in [0.2, 0.25) is 0 Å². The van der Waals surface area contributed by atoms with E-state index in [2.05, 4.69) is 0 Å². The summed E-state index contributed by atoms with van der Waals surface area (Å²) in [5.41, 5.74) is 0. The van der Waals surface area contributed by atoms with Crippen LogP contribution in [0.3, 0.4) is 0 Å². The molecule has 120 valence electrons. The van der Waals surface area contributed by atoms with Crippen LogP contribution < -0.4 is 0 Å². The standard InChI is InChI=1S/C11H15F7S2/c1-3-5-19-8(20-6-4-2)7(12)10(15,16)11(17,18)9(13)14/h9H,3-6H2,1-2H3. The zero-order valence-electron chi connectivity index (χ0n) is 10.9. The van der Waals surface area contributed by atoms with Gasteiger partial charge < -0.3 is 0 Å². The summed E-state index contributed by atoms with van der Waals surface area (Å²) in [6, 6.07) is 0. The predicted octanol–water partition coefficient (Wildman–Crippen LogP) is 5.95. The molecule has 0 spiro atoms. The molecule has 0 rings (SSSR count). The van der Waals surface area contributed by atoms with Crippen molar-refractivity contribution in [2.24, 2.45) is 0 Å². The van der Waals surface area contributed by atoms with Crippen LogP contribution in [0.2, 0.25) is 0 Å². The fourth-order valence-corrected chi connectivity index (χ4v) is 3.09. The van der Waals surface area contributed by atoms with Crippen molar-refractivity contribution >= 4 is 23.5 Å². The number of hydrogen-bond acceptors (Lipinski definition) is 2. The van der Waals surface area contributed by atoms with Crippen LogP contribution in [0, 0.1) is 0 Å². The highest BCUT2D eigenvalue weighted by Crippen LogP contribution is 2.48. The molecular formula is C11H15F7S2. The lowest BCUT2D eigenvalue weighted by atomic mass is 10.1. The van der Waals surface area contributed by atoms with Crippen LogP contribution in [-0.2, 0) is 0 Å². The summed E-state index contributed by atoms with van der Waals surface area (Å²) in [6.45, 7) is 3.39. The number of halogens is 7. The Morgan fingerprint density at radius 2 is 1.35 bits per heavy atom. The molecule has 0 atom stereocenters. The first kappa shape index (κ1) is 19.9. The summed E-state index contributed by atoms with van der Waals surface area (Å²) >= 11 is 1.27. The third-order valence-electron chi connectivity index (χ3n) is 2.02. The molecule has 0 aromatic carbocycles. The normalized spacial score (nSPS) is 12.9. The van der Waals surface area contributed by atoms with Crippen molar-refractivity contribution in [1.29, 1.82) is 0 Å². The van der Waals surface area contributed by atoms with E-state index in [1.165, 1.54) is 0 Å². The average Bonchev–Trinajstić information content (AvgIpc) is 2.37. The van der Waals surface area contributed by atoms with Crippen molar-refractivity contribution in [2.45, 2.75) is 45.0 Å². The van der Waals surface area contributed by atoms with Crippen molar-refractivity contribution in [2.75, 3.05) is 11.5 Å². The third kappa shape index (κ3) is 4.75. The third-order valence-corrected chi connectivity index (χ3v) is 4.84. The van der Waals surface area contributed by atoms with Crippen molar-refractivity contribution in [3.05, 3.63) is 10.1 Å². The summed E-state index contributed by atoms with van der Waals surface area (Å²) < 4.78 is 89.1. The SMILES string of the molecule is CCCSC(SCCC)=C(F)C(F)(F)C(F)(F)C(F)F. The van der Waals surface area contributed by atoms with Crippen molar-refractivity contribution in [3.8, 4) is 0 Å². The van der Waals surface area contributed by atoms with Crippen molar-refractivity contribution < 1.29 is 30.7 Å². The van der Waals surface area contributed by atoms with Gasteiger partial charge in [-0.2, -0.15) is 17.6 Å².